The zero-order chi connectivity index (χ0) is 12.9. The first-order valence-corrected chi connectivity index (χ1v) is 5.38. The molecule has 0 aromatic heterocycles. The number of carbonyl (C=O) groups is 1. The van der Waals surface area contributed by atoms with E-state index in [4.69, 9.17) is 10.00 Å². The van der Waals surface area contributed by atoms with Gasteiger partial charge in [0.1, 0.15) is 5.75 Å². The molecule has 0 saturated carbocycles. The van der Waals surface area contributed by atoms with Crippen LogP contribution in [0.15, 0.2) is 24.3 Å². The first-order valence-electron chi connectivity index (χ1n) is 5.38. The summed E-state index contributed by atoms with van der Waals surface area (Å²) in [6.07, 6.45) is 0.219. The van der Waals surface area contributed by atoms with Crippen molar-refractivity contribution in [1.82, 2.24) is 0 Å². The van der Waals surface area contributed by atoms with E-state index in [2.05, 4.69) is 0 Å². The summed E-state index contributed by atoms with van der Waals surface area (Å²) >= 11 is 0. The molecular formula is C13H15NO3. The molecule has 0 aliphatic rings. The van der Waals surface area contributed by atoms with Crippen LogP contribution in [0.4, 0.5) is 0 Å². The highest BCUT2D eigenvalue weighted by Gasteiger charge is 2.35. The van der Waals surface area contributed by atoms with Crippen LogP contribution in [0.3, 0.4) is 0 Å². The predicted molar refractivity (Wildman–Crippen MR) is 62.2 cm³/mol. The van der Waals surface area contributed by atoms with Crippen molar-refractivity contribution < 1.29 is 14.6 Å². The van der Waals surface area contributed by atoms with E-state index in [0.717, 1.165) is 5.56 Å². The number of carbonyl (C=O) groups excluding carboxylic acids is 1. The third-order valence-corrected chi connectivity index (χ3v) is 2.44. The first kappa shape index (κ1) is 13.0. The van der Waals surface area contributed by atoms with Crippen molar-refractivity contribution in [3.8, 4) is 11.8 Å². The molecule has 1 rings (SSSR count). The van der Waals surface area contributed by atoms with Gasteiger partial charge in [-0.15, -0.1) is 0 Å². The Morgan fingerprint density at radius 2 is 2.29 bits per heavy atom. The van der Waals surface area contributed by atoms with E-state index in [1.165, 1.54) is 19.1 Å². The predicted octanol–water partition coefficient (Wildman–Crippen LogP) is 2.03. The van der Waals surface area contributed by atoms with Crippen LogP contribution in [0, 0.1) is 16.7 Å². The average molecular weight is 233 g/mol. The number of aromatic hydroxyl groups is 1. The van der Waals surface area contributed by atoms with Crippen molar-refractivity contribution in [2.45, 2.75) is 20.3 Å². The summed E-state index contributed by atoms with van der Waals surface area (Å²) < 4.78 is 4.88. The summed E-state index contributed by atoms with van der Waals surface area (Å²) in [5, 5.41) is 18.4. The molecule has 0 amide bonds. The third-order valence-electron chi connectivity index (χ3n) is 2.44. The van der Waals surface area contributed by atoms with Crippen molar-refractivity contribution in [2.75, 3.05) is 6.61 Å². The van der Waals surface area contributed by atoms with E-state index in [1.54, 1.807) is 19.1 Å². The minimum absolute atomic E-state index is 0.117. The number of phenolic OH excluding ortho intramolecular Hbond substituents is 1. The summed E-state index contributed by atoms with van der Waals surface area (Å²) in [5.74, 6) is -0.419. The van der Waals surface area contributed by atoms with E-state index >= 15 is 0 Å². The maximum absolute atomic E-state index is 11.7. The lowest BCUT2D eigenvalue weighted by atomic mass is 9.85. The van der Waals surface area contributed by atoms with Crippen LogP contribution in [-0.2, 0) is 16.0 Å². The molecule has 1 atom stereocenters. The lowest BCUT2D eigenvalue weighted by Crippen LogP contribution is -2.30. The molecule has 0 spiro atoms. The summed E-state index contributed by atoms with van der Waals surface area (Å²) in [4.78, 5) is 11.7. The fourth-order valence-corrected chi connectivity index (χ4v) is 1.52. The van der Waals surface area contributed by atoms with Gasteiger partial charge in [0, 0.05) is 6.42 Å². The molecule has 90 valence electrons. The number of nitriles is 1. The normalized spacial score (nSPS) is 13.5. The second kappa shape index (κ2) is 5.35. The van der Waals surface area contributed by atoms with Gasteiger partial charge >= 0.3 is 5.97 Å². The fraction of sp³-hybridized carbons (Fsp3) is 0.385. The molecule has 0 fully saturated rings. The number of hydrogen-bond acceptors (Lipinski definition) is 4. The number of esters is 1. The average Bonchev–Trinajstić information content (AvgIpc) is 2.29. The van der Waals surface area contributed by atoms with Gasteiger partial charge in [-0.25, -0.2) is 0 Å². The van der Waals surface area contributed by atoms with Crippen LogP contribution < -0.4 is 0 Å². The van der Waals surface area contributed by atoms with Gasteiger partial charge in [0.25, 0.3) is 0 Å². The van der Waals surface area contributed by atoms with Crippen LogP contribution in [0.5, 0.6) is 5.75 Å². The zero-order valence-electron chi connectivity index (χ0n) is 9.93. The van der Waals surface area contributed by atoms with Crippen molar-refractivity contribution >= 4 is 5.97 Å². The number of phenols is 1. The summed E-state index contributed by atoms with van der Waals surface area (Å²) in [5.41, 5.74) is -0.494. The zero-order valence-corrected chi connectivity index (χ0v) is 9.93. The molecule has 4 nitrogen and oxygen atoms in total. The quantitative estimate of drug-likeness (QED) is 0.808. The van der Waals surface area contributed by atoms with Gasteiger partial charge in [-0.05, 0) is 31.5 Å². The standard InChI is InChI=1S/C13H15NO3/c1-3-17-12(16)13(2,9-14)8-10-5-4-6-11(15)7-10/h4-7,15H,3,8H2,1-2H3. The molecule has 0 aliphatic carbocycles. The molecular weight excluding hydrogens is 218 g/mol. The monoisotopic (exact) mass is 233 g/mol. The molecule has 1 N–H and O–H groups in total. The van der Waals surface area contributed by atoms with Crippen LogP contribution in [0.2, 0.25) is 0 Å². The highest BCUT2D eigenvalue weighted by Crippen LogP contribution is 2.25. The number of ether oxygens (including phenoxy) is 1. The Morgan fingerprint density at radius 3 is 2.82 bits per heavy atom. The molecule has 4 heteroatoms. The maximum atomic E-state index is 11.7. The van der Waals surface area contributed by atoms with Crippen molar-refractivity contribution in [3.05, 3.63) is 29.8 Å². The van der Waals surface area contributed by atoms with Gasteiger partial charge < -0.3 is 9.84 Å². The van der Waals surface area contributed by atoms with Crippen molar-refractivity contribution in [1.29, 1.82) is 5.26 Å². The van der Waals surface area contributed by atoms with Gasteiger partial charge in [-0.1, -0.05) is 12.1 Å². The summed E-state index contributed by atoms with van der Waals surface area (Å²) in [6.45, 7) is 3.48. The number of nitrogens with zero attached hydrogens (tertiary/aromatic N) is 1. The summed E-state index contributed by atoms with van der Waals surface area (Å²) in [7, 11) is 0. The smallest absolute Gasteiger partial charge is 0.326 e. The van der Waals surface area contributed by atoms with E-state index in [-0.39, 0.29) is 18.8 Å². The second-order valence-corrected chi connectivity index (χ2v) is 4.01. The van der Waals surface area contributed by atoms with Crippen LogP contribution >= 0.6 is 0 Å². The highest BCUT2D eigenvalue weighted by atomic mass is 16.5. The molecule has 0 aliphatic heterocycles. The maximum Gasteiger partial charge on any atom is 0.326 e. The van der Waals surface area contributed by atoms with Gasteiger partial charge in [0.2, 0.25) is 0 Å². The van der Waals surface area contributed by atoms with E-state index in [0.29, 0.717) is 0 Å². The molecule has 0 radical (unpaired) electrons. The Kier molecular flexibility index (Phi) is 4.11. The molecule has 1 unspecified atom stereocenters. The van der Waals surface area contributed by atoms with Gasteiger partial charge in [-0.3, -0.25) is 4.79 Å². The fourth-order valence-electron chi connectivity index (χ4n) is 1.52. The first-order chi connectivity index (χ1) is 8.01. The van der Waals surface area contributed by atoms with E-state index < -0.39 is 11.4 Å². The Balaban J connectivity index is 2.90. The Labute approximate surface area is 100 Å². The third kappa shape index (κ3) is 3.22. The van der Waals surface area contributed by atoms with E-state index in [1.807, 2.05) is 6.07 Å². The molecule has 0 heterocycles. The molecule has 1 aromatic rings. The van der Waals surface area contributed by atoms with Crippen LogP contribution in [-0.4, -0.2) is 17.7 Å². The van der Waals surface area contributed by atoms with Gasteiger partial charge in [0.05, 0.1) is 12.7 Å². The van der Waals surface area contributed by atoms with Crippen LogP contribution in [0.1, 0.15) is 19.4 Å². The number of benzene rings is 1. The van der Waals surface area contributed by atoms with Gasteiger partial charge in [-0.2, -0.15) is 5.26 Å². The SMILES string of the molecule is CCOC(=O)C(C)(C#N)Cc1cccc(O)c1. The van der Waals surface area contributed by atoms with Gasteiger partial charge in [0.15, 0.2) is 5.41 Å². The second-order valence-electron chi connectivity index (χ2n) is 4.01. The Morgan fingerprint density at radius 1 is 1.59 bits per heavy atom. The van der Waals surface area contributed by atoms with E-state index in [9.17, 15) is 9.90 Å². The molecule has 0 bridgehead atoms. The Bertz CT molecular complexity index is 450. The van der Waals surface area contributed by atoms with Crippen molar-refractivity contribution in [2.24, 2.45) is 5.41 Å². The number of rotatable bonds is 4. The number of hydrogen-bond donors (Lipinski definition) is 1. The topological polar surface area (TPSA) is 70.3 Å². The Hall–Kier alpha value is -2.02. The largest absolute Gasteiger partial charge is 0.508 e. The summed E-state index contributed by atoms with van der Waals surface area (Å²) in [6, 6.07) is 8.48. The molecule has 17 heavy (non-hydrogen) atoms. The van der Waals surface area contributed by atoms with Crippen LogP contribution in [0.25, 0.3) is 0 Å². The molecule has 1 aromatic carbocycles. The lowest BCUT2D eigenvalue weighted by Gasteiger charge is -2.19. The highest BCUT2D eigenvalue weighted by molar-refractivity contribution is 5.80. The lowest BCUT2D eigenvalue weighted by molar-refractivity contribution is -0.151. The molecule has 0 saturated heterocycles. The van der Waals surface area contributed by atoms with Crippen molar-refractivity contribution in [3.63, 3.8) is 0 Å². The minimum atomic E-state index is -1.22. The minimum Gasteiger partial charge on any atom is -0.508 e.